The van der Waals surface area contributed by atoms with Crippen LogP contribution in [0.15, 0.2) is 30.3 Å². The van der Waals surface area contributed by atoms with Crippen molar-refractivity contribution in [2.75, 3.05) is 25.4 Å². The highest BCUT2D eigenvalue weighted by Crippen LogP contribution is 2.08. The molecule has 5 nitrogen and oxygen atoms in total. The lowest BCUT2D eigenvalue weighted by molar-refractivity contribution is 0.339. The van der Waals surface area contributed by atoms with Crippen molar-refractivity contribution in [3.63, 3.8) is 0 Å². The molecule has 1 aromatic rings. The molecule has 0 spiro atoms. The van der Waals surface area contributed by atoms with E-state index >= 15 is 0 Å². The summed E-state index contributed by atoms with van der Waals surface area (Å²) in [6, 6.07) is 9.29. The van der Waals surface area contributed by atoms with Crippen LogP contribution in [0.3, 0.4) is 0 Å². The zero-order valence-corrected chi connectivity index (χ0v) is 11.7. The molecule has 0 atom stereocenters. The van der Waals surface area contributed by atoms with Crippen LogP contribution in [-0.2, 0) is 10.0 Å². The molecule has 1 fully saturated rings. The van der Waals surface area contributed by atoms with Crippen LogP contribution >= 0.6 is 0 Å². The van der Waals surface area contributed by atoms with Gasteiger partial charge >= 0.3 is 0 Å². The topological polar surface area (TPSA) is 67.4 Å². The molecule has 106 valence electrons. The summed E-state index contributed by atoms with van der Waals surface area (Å²) in [5.74, 6) is 0.686. The number of hydrogen-bond donors (Lipinski definition) is 2. The van der Waals surface area contributed by atoms with Gasteiger partial charge in [0, 0.05) is 6.04 Å². The zero-order valence-electron chi connectivity index (χ0n) is 10.8. The molecule has 0 radical (unpaired) electrons. The van der Waals surface area contributed by atoms with Gasteiger partial charge in [-0.25, -0.2) is 13.1 Å². The molecule has 2 rings (SSSR count). The number of rotatable bonds is 6. The summed E-state index contributed by atoms with van der Waals surface area (Å²) >= 11 is 0. The molecule has 1 aliphatic heterocycles. The fourth-order valence-electron chi connectivity index (χ4n) is 2.04. The van der Waals surface area contributed by atoms with Gasteiger partial charge in [-0.1, -0.05) is 18.2 Å². The lowest BCUT2D eigenvalue weighted by Gasteiger charge is -2.23. The minimum Gasteiger partial charge on any atom is -0.492 e. The van der Waals surface area contributed by atoms with E-state index in [0.717, 1.165) is 25.9 Å². The lowest BCUT2D eigenvalue weighted by Crippen LogP contribution is -2.44. The van der Waals surface area contributed by atoms with Crippen LogP contribution in [0.4, 0.5) is 0 Å². The molecular weight excluding hydrogens is 264 g/mol. The van der Waals surface area contributed by atoms with Crippen molar-refractivity contribution in [2.45, 2.75) is 18.9 Å². The average molecular weight is 284 g/mol. The van der Waals surface area contributed by atoms with Crippen molar-refractivity contribution in [1.82, 2.24) is 10.0 Å². The van der Waals surface area contributed by atoms with Crippen molar-refractivity contribution in [2.24, 2.45) is 0 Å². The molecule has 0 unspecified atom stereocenters. The van der Waals surface area contributed by atoms with E-state index in [4.69, 9.17) is 4.74 Å². The number of sulfonamides is 1. The van der Waals surface area contributed by atoms with Crippen molar-refractivity contribution in [3.05, 3.63) is 30.3 Å². The second-order valence-corrected chi connectivity index (χ2v) is 6.50. The third-order valence-corrected chi connectivity index (χ3v) is 4.45. The van der Waals surface area contributed by atoms with Crippen molar-refractivity contribution < 1.29 is 13.2 Å². The Labute approximate surface area is 114 Å². The first kappa shape index (κ1) is 14.3. The molecule has 1 aromatic carbocycles. The summed E-state index contributed by atoms with van der Waals surface area (Å²) in [5, 5.41) is 3.21. The van der Waals surface area contributed by atoms with Crippen LogP contribution in [0.5, 0.6) is 5.75 Å². The summed E-state index contributed by atoms with van der Waals surface area (Å²) in [4.78, 5) is 0. The van der Waals surface area contributed by atoms with Crippen molar-refractivity contribution >= 4 is 10.0 Å². The monoisotopic (exact) mass is 284 g/mol. The van der Waals surface area contributed by atoms with E-state index in [1.165, 1.54) is 0 Å². The van der Waals surface area contributed by atoms with Gasteiger partial charge in [-0.05, 0) is 38.1 Å². The van der Waals surface area contributed by atoms with Crippen molar-refractivity contribution in [1.29, 1.82) is 0 Å². The molecule has 1 saturated heterocycles. The van der Waals surface area contributed by atoms with Crippen LogP contribution in [0.2, 0.25) is 0 Å². The third kappa shape index (κ3) is 5.18. The molecular formula is C13H20N2O3S. The fraction of sp³-hybridized carbons (Fsp3) is 0.538. The number of para-hydroxylation sites is 1. The first-order valence-electron chi connectivity index (χ1n) is 6.54. The van der Waals surface area contributed by atoms with Crippen LogP contribution < -0.4 is 14.8 Å². The highest BCUT2D eigenvalue weighted by atomic mass is 32.2. The molecule has 1 heterocycles. The second kappa shape index (κ2) is 6.88. The summed E-state index contributed by atoms with van der Waals surface area (Å²) in [6.07, 6.45) is 1.69. The van der Waals surface area contributed by atoms with Gasteiger partial charge in [0.05, 0.1) is 5.75 Å². The van der Waals surface area contributed by atoms with Crippen molar-refractivity contribution in [3.8, 4) is 5.75 Å². The van der Waals surface area contributed by atoms with Gasteiger partial charge in [-0.3, -0.25) is 0 Å². The first-order chi connectivity index (χ1) is 9.16. The van der Waals surface area contributed by atoms with E-state index < -0.39 is 10.0 Å². The Morgan fingerprint density at radius 1 is 1.21 bits per heavy atom. The third-order valence-electron chi connectivity index (χ3n) is 3.05. The Balaban J connectivity index is 1.74. The molecule has 2 N–H and O–H groups in total. The Bertz CT molecular complexity index is 470. The standard InChI is InChI=1S/C13H20N2O3S/c16-19(17,15-12-6-8-14-9-7-12)11-10-18-13-4-2-1-3-5-13/h1-5,12,14-15H,6-11H2. The fourth-order valence-corrected chi connectivity index (χ4v) is 3.20. The first-order valence-corrected chi connectivity index (χ1v) is 8.19. The quantitative estimate of drug-likeness (QED) is 0.808. The summed E-state index contributed by atoms with van der Waals surface area (Å²) in [7, 11) is -3.25. The predicted octanol–water partition coefficient (Wildman–Crippen LogP) is 0.737. The molecule has 0 aliphatic carbocycles. The molecule has 19 heavy (non-hydrogen) atoms. The Kier molecular flexibility index (Phi) is 5.18. The molecule has 6 heteroatoms. The van der Waals surface area contributed by atoms with Crippen LogP contribution in [0, 0.1) is 0 Å². The molecule has 0 amide bonds. The van der Waals surface area contributed by atoms with Crippen LogP contribution in [0.25, 0.3) is 0 Å². The summed E-state index contributed by atoms with van der Waals surface area (Å²) < 4.78 is 31.9. The minimum atomic E-state index is -3.25. The van der Waals surface area contributed by atoms with Crippen LogP contribution in [0.1, 0.15) is 12.8 Å². The summed E-state index contributed by atoms with van der Waals surface area (Å²) in [6.45, 7) is 1.91. The highest BCUT2D eigenvalue weighted by molar-refractivity contribution is 7.89. The van der Waals surface area contributed by atoms with Gasteiger partial charge in [-0.2, -0.15) is 0 Å². The maximum atomic E-state index is 11.9. The smallest absolute Gasteiger partial charge is 0.215 e. The Morgan fingerprint density at radius 3 is 2.58 bits per heavy atom. The predicted molar refractivity (Wildman–Crippen MR) is 74.8 cm³/mol. The molecule has 0 saturated carbocycles. The van der Waals surface area contributed by atoms with E-state index in [2.05, 4.69) is 10.0 Å². The van der Waals surface area contributed by atoms with E-state index in [-0.39, 0.29) is 18.4 Å². The van der Waals surface area contributed by atoms with E-state index in [0.29, 0.717) is 5.75 Å². The summed E-state index contributed by atoms with van der Waals surface area (Å²) in [5.41, 5.74) is 0. The van der Waals surface area contributed by atoms with Crippen LogP contribution in [-0.4, -0.2) is 39.9 Å². The van der Waals surface area contributed by atoms with Gasteiger partial charge in [0.25, 0.3) is 0 Å². The molecule has 0 bridgehead atoms. The molecule has 0 aromatic heterocycles. The van der Waals surface area contributed by atoms with E-state index in [1.807, 2.05) is 30.3 Å². The normalized spacial score (nSPS) is 17.3. The second-order valence-electron chi connectivity index (χ2n) is 4.62. The van der Waals surface area contributed by atoms with Gasteiger partial charge in [0.15, 0.2) is 0 Å². The average Bonchev–Trinajstić information content (AvgIpc) is 2.40. The number of ether oxygens (including phenoxy) is 1. The minimum absolute atomic E-state index is 0.00811. The maximum absolute atomic E-state index is 11.9. The van der Waals surface area contributed by atoms with Gasteiger partial charge in [0.1, 0.15) is 12.4 Å². The van der Waals surface area contributed by atoms with E-state index in [9.17, 15) is 8.42 Å². The van der Waals surface area contributed by atoms with E-state index in [1.54, 1.807) is 0 Å². The van der Waals surface area contributed by atoms with Gasteiger partial charge in [0.2, 0.25) is 10.0 Å². The largest absolute Gasteiger partial charge is 0.492 e. The number of hydrogen-bond acceptors (Lipinski definition) is 4. The number of nitrogens with one attached hydrogen (secondary N) is 2. The lowest BCUT2D eigenvalue weighted by atomic mass is 10.1. The number of piperidine rings is 1. The Morgan fingerprint density at radius 2 is 1.89 bits per heavy atom. The number of benzene rings is 1. The Hall–Kier alpha value is -1.11. The maximum Gasteiger partial charge on any atom is 0.215 e. The zero-order chi connectivity index (χ0) is 13.6. The molecule has 1 aliphatic rings. The van der Waals surface area contributed by atoms with Gasteiger partial charge in [-0.15, -0.1) is 0 Å². The SMILES string of the molecule is O=S(=O)(CCOc1ccccc1)NC1CCNCC1. The van der Waals surface area contributed by atoms with Gasteiger partial charge < -0.3 is 10.1 Å². The highest BCUT2D eigenvalue weighted by Gasteiger charge is 2.19.